The standard InChI is InChI=1S/C11H11BrClN3O/c1-6-7(2)17-10(16-6)5-15-11-9(12)3-8(13)4-14-11/h3-4H,5H2,1-2H3,(H,14,15). The van der Waals surface area contributed by atoms with Crippen molar-refractivity contribution in [3.63, 3.8) is 0 Å². The summed E-state index contributed by atoms with van der Waals surface area (Å²) in [5.74, 6) is 2.19. The fourth-order valence-electron chi connectivity index (χ4n) is 1.32. The van der Waals surface area contributed by atoms with Crippen LogP contribution in [0.25, 0.3) is 0 Å². The van der Waals surface area contributed by atoms with E-state index in [4.69, 9.17) is 16.0 Å². The Hall–Kier alpha value is -1.07. The average Bonchev–Trinajstić information content (AvgIpc) is 2.57. The summed E-state index contributed by atoms with van der Waals surface area (Å²) in [6.07, 6.45) is 1.58. The van der Waals surface area contributed by atoms with E-state index >= 15 is 0 Å². The van der Waals surface area contributed by atoms with Gasteiger partial charge in [0.05, 0.1) is 21.7 Å². The van der Waals surface area contributed by atoms with Gasteiger partial charge in [0.1, 0.15) is 11.6 Å². The first kappa shape index (κ1) is 12.4. The quantitative estimate of drug-likeness (QED) is 0.937. The van der Waals surface area contributed by atoms with Gasteiger partial charge in [-0.05, 0) is 35.8 Å². The number of aromatic nitrogens is 2. The van der Waals surface area contributed by atoms with Gasteiger partial charge in [-0.3, -0.25) is 0 Å². The van der Waals surface area contributed by atoms with Crippen molar-refractivity contribution in [3.8, 4) is 0 Å². The van der Waals surface area contributed by atoms with Gasteiger partial charge in [-0.1, -0.05) is 11.6 Å². The molecule has 0 unspecified atom stereocenters. The first-order valence-corrected chi connectivity index (χ1v) is 6.21. The summed E-state index contributed by atoms with van der Waals surface area (Å²) in [4.78, 5) is 8.44. The van der Waals surface area contributed by atoms with Crippen LogP contribution in [0.1, 0.15) is 17.3 Å². The maximum absolute atomic E-state index is 5.81. The van der Waals surface area contributed by atoms with Crippen LogP contribution in [0.5, 0.6) is 0 Å². The number of hydrogen-bond donors (Lipinski definition) is 1. The van der Waals surface area contributed by atoms with Crippen LogP contribution in [0.15, 0.2) is 21.2 Å². The number of hydrogen-bond acceptors (Lipinski definition) is 4. The predicted octanol–water partition coefficient (Wildman–Crippen LogP) is 3.71. The number of pyridine rings is 1. The topological polar surface area (TPSA) is 51.0 Å². The molecule has 90 valence electrons. The van der Waals surface area contributed by atoms with E-state index < -0.39 is 0 Å². The second-order valence-electron chi connectivity index (χ2n) is 3.59. The van der Waals surface area contributed by atoms with Crippen molar-refractivity contribution in [3.05, 3.63) is 39.1 Å². The maximum atomic E-state index is 5.81. The molecule has 6 heteroatoms. The summed E-state index contributed by atoms with van der Waals surface area (Å²) in [6, 6.07) is 1.78. The van der Waals surface area contributed by atoms with Gasteiger partial charge in [-0.25, -0.2) is 9.97 Å². The molecular formula is C11H11BrClN3O. The third-order valence-corrected chi connectivity index (χ3v) is 3.10. The maximum Gasteiger partial charge on any atom is 0.213 e. The molecule has 2 aromatic rings. The molecule has 2 heterocycles. The first-order valence-electron chi connectivity index (χ1n) is 5.04. The Morgan fingerprint density at radius 3 is 2.82 bits per heavy atom. The highest BCUT2D eigenvalue weighted by Crippen LogP contribution is 2.23. The van der Waals surface area contributed by atoms with Gasteiger partial charge >= 0.3 is 0 Å². The number of nitrogens with zero attached hydrogens (tertiary/aromatic N) is 2. The zero-order chi connectivity index (χ0) is 12.4. The fraction of sp³-hybridized carbons (Fsp3) is 0.273. The summed E-state index contributed by atoms with van der Waals surface area (Å²) in [7, 11) is 0. The van der Waals surface area contributed by atoms with Crippen molar-refractivity contribution in [2.75, 3.05) is 5.32 Å². The normalized spacial score (nSPS) is 10.6. The van der Waals surface area contributed by atoms with Crippen LogP contribution >= 0.6 is 27.5 Å². The zero-order valence-electron chi connectivity index (χ0n) is 9.42. The third kappa shape index (κ3) is 2.98. The predicted molar refractivity (Wildman–Crippen MR) is 70.3 cm³/mol. The third-order valence-electron chi connectivity index (χ3n) is 2.29. The molecule has 0 spiro atoms. The molecule has 0 aliphatic rings. The smallest absolute Gasteiger partial charge is 0.213 e. The highest BCUT2D eigenvalue weighted by atomic mass is 79.9. The summed E-state index contributed by atoms with van der Waals surface area (Å²) < 4.78 is 6.27. The Balaban J connectivity index is 2.07. The Kier molecular flexibility index (Phi) is 3.69. The first-order chi connectivity index (χ1) is 8.06. The van der Waals surface area contributed by atoms with Crippen molar-refractivity contribution in [2.45, 2.75) is 20.4 Å². The second-order valence-corrected chi connectivity index (χ2v) is 4.88. The minimum Gasteiger partial charge on any atom is -0.444 e. The number of halogens is 2. The van der Waals surface area contributed by atoms with E-state index in [1.165, 1.54) is 0 Å². The Morgan fingerprint density at radius 1 is 1.47 bits per heavy atom. The van der Waals surface area contributed by atoms with E-state index in [2.05, 4.69) is 31.2 Å². The van der Waals surface area contributed by atoms with E-state index in [1.54, 1.807) is 12.3 Å². The lowest BCUT2D eigenvalue weighted by molar-refractivity contribution is 0.478. The van der Waals surface area contributed by atoms with Gasteiger partial charge in [0.2, 0.25) is 5.89 Å². The van der Waals surface area contributed by atoms with Gasteiger partial charge in [0, 0.05) is 6.20 Å². The van der Waals surface area contributed by atoms with Crippen LogP contribution in [0.4, 0.5) is 5.82 Å². The molecule has 2 aromatic heterocycles. The molecule has 2 rings (SSSR count). The lowest BCUT2D eigenvalue weighted by Crippen LogP contribution is -2.02. The highest BCUT2D eigenvalue weighted by Gasteiger charge is 2.07. The molecule has 0 aromatic carbocycles. The minimum absolute atomic E-state index is 0.488. The van der Waals surface area contributed by atoms with Crippen LogP contribution < -0.4 is 5.32 Å². The van der Waals surface area contributed by atoms with Crippen LogP contribution in [0.2, 0.25) is 5.02 Å². The molecule has 0 aliphatic heterocycles. The second kappa shape index (κ2) is 5.06. The van der Waals surface area contributed by atoms with E-state index in [0.29, 0.717) is 23.3 Å². The lowest BCUT2D eigenvalue weighted by Gasteiger charge is -2.05. The van der Waals surface area contributed by atoms with Crippen LogP contribution in [-0.2, 0) is 6.54 Å². The molecule has 0 aliphatic carbocycles. The van der Waals surface area contributed by atoms with E-state index in [0.717, 1.165) is 15.9 Å². The molecule has 0 amide bonds. The zero-order valence-corrected chi connectivity index (χ0v) is 11.8. The molecule has 1 N–H and O–H groups in total. The largest absolute Gasteiger partial charge is 0.444 e. The monoisotopic (exact) mass is 315 g/mol. The molecule has 0 atom stereocenters. The molecule has 0 saturated carbocycles. The van der Waals surface area contributed by atoms with E-state index in [-0.39, 0.29) is 0 Å². The molecule has 0 bridgehead atoms. The number of aryl methyl sites for hydroxylation is 2. The Bertz CT molecular complexity index is 522. The average molecular weight is 317 g/mol. The summed E-state index contributed by atoms with van der Waals surface area (Å²) in [5.41, 5.74) is 0.907. The highest BCUT2D eigenvalue weighted by molar-refractivity contribution is 9.10. The van der Waals surface area contributed by atoms with Gasteiger partial charge < -0.3 is 9.73 Å². The van der Waals surface area contributed by atoms with Crippen molar-refractivity contribution < 1.29 is 4.42 Å². The molecule has 4 nitrogen and oxygen atoms in total. The molecule has 17 heavy (non-hydrogen) atoms. The van der Waals surface area contributed by atoms with Gasteiger partial charge in [-0.2, -0.15) is 0 Å². The summed E-state index contributed by atoms with van der Waals surface area (Å²) in [5, 5.41) is 3.71. The Morgan fingerprint density at radius 2 is 2.24 bits per heavy atom. The van der Waals surface area contributed by atoms with Gasteiger partial charge in [0.25, 0.3) is 0 Å². The van der Waals surface area contributed by atoms with E-state index in [9.17, 15) is 0 Å². The minimum atomic E-state index is 0.488. The molecule has 0 fully saturated rings. The Labute approximate surface area is 113 Å². The van der Waals surface area contributed by atoms with E-state index in [1.807, 2.05) is 13.8 Å². The van der Waals surface area contributed by atoms with Crippen molar-refractivity contribution in [1.29, 1.82) is 0 Å². The van der Waals surface area contributed by atoms with Crippen molar-refractivity contribution in [2.24, 2.45) is 0 Å². The molecule has 0 saturated heterocycles. The summed E-state index contributed by atoms with van der Waals surface area (Å²) in [6.45, 7) is 4.29. The van der Waals surface area contributed by atoms with Crippen LogP contribution in [0, 0.1) is 13.8 Å². The van der Waals surface area contributed by atoms with Gasteiger partial charge in [0.15, 0.2) is 0 Å². The number of anilines is 1. The lowest BCUT2D eigenvalue weighted by atomic mass is 10.4. The number of oxazole rings is 1. The van der Waals surface area contributed by atoms with Crippen LogP contribution in [-0.4, -0.2) is 9.97 Å². The number of rotatable bonds is 3. The SMILES string of the molecule is Cc1nc(CNc2ncc(Cl)cc2Br)oc1C. The van der Waals surface area contributed by atoms with Gasteiger partial charge in [-0.15, -0.1) is 0 Å². The molecular weight excluding hydrogens is 305 g/mol. The summed E-state index contributed by atoms with van der Waals surface area (Å²) >= 11 is 9.19. The number of nitrogens with one attached hydrogen (secondary N) is 1. The van der Waals surface area contributed by atoms with Crippen molar-refractivity contribution >= 4 is 33.3 Å². The fourth-order valence-corrected chi connectivity index (χ4v) is 2.10. The van der Waals surface area contributed by atoms with Crippen LogP contribution in [0.3, 0.4) is 0 Å². The van der Waals surface area contributed by atoms with Crippen molar-refractivity contribution in [1.82, 2.24) is 9.97 Å². The molecule has 0 radical (unpaired) electrons.